The lowest BCUT2D eigenvalue weighted by atomic mass is 10.0. The van der Waals surface area contributed by atoms with E-state index in [9.17, 15) is 9.59 Å². The second-order valence-electron chi connectivity index (χ2n) is 8.99. The predicted molar refractivity (Wildman–Crippen MR) is 145 cm³/mol. The van der Waals surface area contributed by atoms with E-state index in [-0.39, 0.29) is 17.6 Å². The Morgan fingerprint density at radius 1 is 1.18 bits per heavy atom. The fourth-order valence-electron chi connectivity index (χ4n) is 4.60. The number of carbonyl (C=O) groups is 2. The van der Waals surface area contributed by atoms with Crippen molar-refractivity contribution in [2.75, 3.05) is 32.7 Å². The summed E-state index contributed by atoms with van der Waals surface area (Å²) in [6, 6.07) is 10.4. The molecule has 0 spiro atoms. The summed E-state index contributed by atoms with van der Waals surface area (Å²) >= 11 is 0. The molecule has 196 valence electrons. The zero-order valence-corrected chi connectivity index (χ0v) is 21.9. The van der Waals surface area contributed by atoms with Gasteiger partial charge in [-0.05, 0) is 56.3 Å². The average molecular weight is 516 g/mol. The normalized spacial score (nSPS) is 13.6. The highest BCUT2D eigenvalue weighted by atomic mass is 16.5. The van der Waals surface area contributed by atoms with Crippen LogP contribution in [0.1, 0.15) is 27.3 Å². The lowest BCUT2D eigenvalue weighted by Crippen LogP contribution is -2.24. The lowest BCUT2D eigenvalue weighted by molar-refractivity contribution is 0.101. The minimum absolute atomic E-state index is 0.184. The standard InChI is InChI=1S/C28H29N5O5/c1-15-25(16(2)33(4)32-15)26-20(19-13-18(37-11-10-36-5)7-8-22(19)31-26)14-24-27(34)21-12-17(30-28(35)29-3)6-9-23(21)38-24/h6-9,12-14,31H,10-11H2,1-5H3,(H2,29,30,35)/b24-14-. The number of benzene rings is 2. The van der Waals surface area contributed by atoms with Crippen molar-refractivity contribution in [3.05, 3.63) is 64.7 Å². The third-order valence-electron chi connectivity index (χ3n) is 6.55. The van der Waals surface area contributed by atoms with Crippen LogP contribution in [0.4, 0.5) is 10.5 Å². The number of hydrogen-bond acceptors (Lipinski definition) is 6. The van der Waals surface area contributed by atoms with Crippen molar-refractivity contribution in [3.63, 3.8) is 0 Å². The van der Waals surface area contributed by atoms with Crippen molar-refractivity contribution in [2.45, 2.75) is 13.8 Å². The number of Topliss-reactive ketones (excluding diaryl/α,β-unsaturated/α-hetero) is 1. The fraction of sp³-hybridized carbons (Fsp3) is 0.250. The van der Waals surface area contributed by atoms with Gasteiger partial charge in [0, 0.05) is 54.6 Å². The first kappa shape index (κ1) is 25.1. The van der Waals surface area contributed by atoms with Crippen molar-refractivity contribution in [2.24, 2.45) is 7.05 Å². The van der Waals surface area contributed by atoms with Crippen LogP contribution in [0.5, 0.6) is 11.5 Å². The summed E-state index contributed by atoms with van der Waals surface area (Å²) in [4.78, 5) is 28.6. The first-order valence-corrected chi connectivity index (χ1v) is 12.2. The molecule has 2 aromatic carbocycles. The summed E-state index contributed by atoms with van der Waals surface area (Å²) in [5, 5.41) is 10.6. The second-order valence-corrected chi connectivity index (χ2v) is 8.99. The van der Waals surface area contributed by atoms with E-state index < -0.39 is 0 Å². The lowest BCUT2D eigenvalue weighted by Gasteiger charge is -2.06. The maximum Gasteiger partial charge on any atom is 0.318 e. The largest absolute Gasteiger partial charge is 0.491 e. The van der Waals surface area contributed by atoms with Gasteiger partial charge >= 0.3 is 6.03 Å². The Balaban J connectivity index is 1.62. The number of amides is 2. The summed E-state index contributed by atoms with van der Waals surface area (Å²) < 4.78 is 18.8. The number of aromatic amines is 1. The van der Waals surface area contributed by atoms with E-state index >= 15 is 0 Å². The van der Waals surface area contributed by atoms with E-state index in [4.69, 9.17) is 14.2 Å². The molecular weight excluding hydrogens is 486 g/mol. The van der Waals surface area contributed by atoms with Gasteiger partial charge in [0.1, 0.15) is 18.1 Å². The van der Waals surface area contributed by atoms with Gasteiger partial charge in [0.05, 0.1) is 23.6 Å². The van der Waals surface area contributed by atoms with Gasteiger partial charge in [-0.1, -0.05) is 0 Å². The molecule has 3 N–H and O–H groups in total. The number of carbonyl (C=O) groups excluding carboxylic acids is 2. The molecule has 5 rings (SSSR count). The third-order valence-corrected chi connectivity index (χ3v) is 6.55. The molecule has 0 bridgehead atoms. The number of ether oxygens (including phenoxy) is 3. The maximum atomic E-state index is 13.4. The number of urea groups is 1. The Kier molecular flexibility index (Phi) is 6.64. The van der Waals surface area contributed by atoms with Gasteiger partial charge in [0.15, 0.2) is 5.76 Å². The van der Waals surface area contributed by atoms with Crippen LogP contribution in [0.25, 0.3) is 28.2 Å². The fourth-order valence-corrected chi connectivity index (χ4v) is 4.60. The van der Waals surface area contributed by atoms with E-state index in [0.717, 1.165) is 39.1 Å². The number of anilines is 1. The Morgan fingerprint density at radius 3 is 2.71 bits per heavy atom. The molecule has 0 saturated heterocycles. The molecule has 1 aliphatic heterocycles. The van der Waals surface area contributed by atoms with Crippen LogP contribution in [0, 0.1) is 13.8 Å². The molecule has 0 unspecified atom stereocenters. The van der Waals surface area contributed by atoms with Crippen molar-refractivity contribution in [1.29, 1.82) is 0 Å². The van der Waals surface area contributed by atoms with Crippen molar-refractivity contribution >= 4 is 34.5 Å². The average Bonchev–Trinajstić information content (AvgIpc) is 3.49. The molecule has 2 aromatic heterocycles. The molecule has 4 aromatic rings. The molecule has 0 saturated carbocycles. The Morgan fingerprint density at radius 2 is 2.00 bits per heavy atom. The van der Waals surface area contributed by atoms with E-state index in [1.807, 2.05) is 43.8 Å². The minimum Gasteiger partial charge on any atom is -0.491 e. The van der Waals surface area contributed by atoms with Crippen LogP contribution in [-0.2, 0) is 11.8 Å². The molecule has 0 atom stereocenters. The molecule has 38 heavy (non-hydrogen) atoms. The molecule has 10 nitrogen and oxygen atoms in total. The van der Waals surface area contributed by atoms with Gasteiger partial charge in [0.25, 0.3) is 0 Å². The summed E-state index contributed by atoms with van der Waals surface area (Å²) in [5.41, 5.74) is 6.18. The molecule has 0 fully saturated rings. The predicted octanol–water partition coefficient (Wildman–Crippen LogP) is 4.58. The number of nitrogens with one attached hydrogen (secondary N) is 3. The number of aromatic nitrogens is 3. The first-order chi connectivity index (χ1) is 18.3. The monoisotopic (exact) mass is 515 g/mol. The summed E-state index contributed by atoms with van der Waals surface area (Å²) in [6.45, 7) is 4.85. The van der Waals surface area contributed by atoms with Gasteiger partial charge < -0.3 is 29.8 Å². The smallest absolute Gasteiger partial charge is 0.318 e. The molecule has 10 heteroatoms. The number of methoxy groups -OCH3 is 1. The molecule has 0 radical (unpaired) electrons. The Hall–Kier alpha value is -4.57. The SMILES string of the molecule is CNC(=O)Nc1ccc2c(c1)C(=O)/C(=C/c1c(-c3c(C)nn(C)c3C)[nH]c3ccc(OCCOC)cc13)O2. The van der Waals surface area contributed by atoms with Crippen molar-refractivity contribution in [1.82, 2.24) is 20.1 Å². The Bertz CT molecular complexity index is 1600. The topological polar surface area (TPSA) is 120 Å². The summed E-state index contributed by atoms with van der Waals surface area (Å²) in [6.07, 6.45) is 1.76. The van der Waals surface area contributed by atoms with E-state index in [2.05, 4.69) is 20.7 Å². The first-order valence-electron chi connectivity index (χ1n) is 12.2. The van der Waals surface area contributed by atoms with Crippen molar-refractivity contribution < 1.29 is 23.8 Å². The highest BCUT2D eigenvalue weighted by molar-refractivity contribution is 6.16. The number of aryl methyl sites for hydroxylation is 2. The van der Waals surface area contributed by atoms with Gasteiger partial charge in [-0.3, -0.25) is 9.48 Å². The number of fused-ring (bicyclic) bond motifs is 2. The van der Waals surface area contributed by atoms with Crippen LogP contribution in [-0.4, -0.2) is 54.0 Å². The number of ketones is 1. The van der Waals surface area contributed by atoms with Gasteiger partial charge in [-0.25, -0.2) is 4.79 Å². The van der Waals surface area contributed by atoms with Crippen molar-refractivity contribution in [3.8, 4) is 22.8 Å². The van der Waals surface area contributed by atoms with Crippen LogP contribution < -0.4 is 20.1 Å². The number of allylic oxidation sites excluding steroid dienone is 1. The highest BCUT2D eigenvalue weighted by Crippen LogP contribution is 2.39. The number of rotatable bonds is 7. The quantitative estimate of drug-likeness (QED) is 0.245. The van der Waals surface area contributed by atoms with Crippen LogP contribution >= 0.6 is 0 Å². The zero-order chi connectivity index (χ0) is 27.0. The molecular formula is C28H29N5O5. The number of H-pyrrole nitrogens is 1. The van der Waals surface area contributed by atoms with Crippen LogP contribution in [0.2, 0.25) is 0 Å². The van der Waals surface area contributed by atoms with Gasteiger partial charge in [-0.2, -0.15) is 5.10 Å². The van der Waals surface area contributed by atoms with E-state index in [0.29, 0.717) is 36.0 Å². The minimum atomic E-state index is -0.374. The van der Waals surface area contributed by atoms with Gasteiger partial charge in [0.2, 0.25) is 5.78 Å². The molecule has 1 aliphatic rings. The third kappa shape index (κ3) is 4.50. The number of nitrogens with zero attached hydrogens (tertiary/aromatic N) is 2. The molecule has 3 heterocycles. The van der Waals surface area contributed by atoms with E-state index in [1.54, 1.807) is 31.4 Å². The second kappa shape index (κ2) is 10.1. The van der Waals surface area contributed by atoms with E-state index in [1.165, 1.54) is 7.05 Å². The Labute approximate surface area is 219 Å². The number of hydrogen-bond donors (Lipinski definition) is 3. The zero-order valence-electron chi connectivity index (χ0n) is 21.9. The summed E-state index contributed by atoms with van der Waals surface area (Å²) in [7, 11) is 5.05. The van der Waals surface area contributed by atoms with Crippen LogP contribution in [0.15, 0.2) is 42.2 Å². The van der Waals surface area contributed by atoms with Gasteiger partial charge in [-0.15, -0.1) is 0 Å². The molecule has 2 amide bonds. The maximum absolute atomic E-state index is 13.4. The van der Waals surface area contributed by atoms with Crippen LogP contribution in [0.3, 0.4) is 0 Å². The summed E-state index contributed by atoms with van der Waals surface area (Å²) in [5.74, 6) is 1.03. The highest BCUT2D eigenvalue weighted by Gasteiger charge is 2.29. The molecule has 0 aliphatic carbocycles.